The molecule has 1 aliphatic heterocycles. The van der Waals surface area contributed by atoms with Crippen LogP contribution < -0.4 is 5.56 Å². The van der Waals surface area contributed by atoms with Crippen molar-refractivity contribution in [3.63, 3.8) is 0 Å². The van der Waals surface area contributed by atoms with E-state index < -0.39 is 18.5 Å². The highest BCUT2D eigenvalue weighted by Crippen LogP contribution is 2.32. The summed E-state index contributed by atoms with van der Waals surface area (Å²) in [7, 11) is 6.49. The van der Waals surface area contributed by atoms with Crippen LogP contribution >= 0.6 is 0 Å². The molecular formula is C26H37N3O7. The van der Waals surface area contributed by atoms with Gasteiger partial charge in [-0.15, -0.1) is 0 Å². The molecule has 3 rings (SSSR count). The molecule has 1 amide bonds. The predicted octanol–water partition coefficient (Wildman–Crippen LogP) is 2.06. The van der Waals surface area contributed by atoms with Gasteiger partial charge in [0, 0.05) is 58.5 Å². The number of carbonyl (C=O) groups excluding carboxylic acids is 1. The van der Waals surface area contributed by atoms with Gasteiger partial charge in [0.2, 0.25) is 6.29 Å². The van der Waals surface area contributed by atoms with Crippen molar-refractivity contribution in [1.29, 1.82) is 0 Å². The second-order valence-corrected chi connectivity index (χ2v) is 8.78. The van der Waals surface area contributed by atoms with Crippen molar-refractivity contribution < 1.29 is 28.8 Å². The summed E-state index contributed by atoms with van der Waals surface area (Å²) in [5, 5.41) is 9.06. The summed E-state index contributed by atoms with van der Waals surface area (Å²) >= 11 is 0. The quantitative estimate of drug-likeness (QED) is 0.349. The summed E-state index contributed by atoms with van der Waals surface area (Å²) in [6.45, 7) is 2.54. The number of para-hydroxylation sites is 1. The van der Waals surface area contributed by atoms with Crippen LogP contribution in [0.1, 0.15) is 36.4 Å². The number of carbonyl (C=O) groups is 1. The Bertz CT molecular complexity index is 1090. The smallest absolute Gasteiger partial charge is 0.288 e. The number of amides is 1. The first-order valence-corrected chi connectivity index (χ1v) is 12.1. The Labute approximate surface area is 211 Å². The van der Waals surface area contributed by atoms with E-state index in [1.807, 2.05) is 49.0 Å². The van der Waals surface area contributed by atoms with Crippen LogP contribution in [0.25, 0.3) is 5.69 Å². The number of aliphatic hydroxyl groups excluding tert-OH is 1. The van der Waals surface area contributed by atoms with Gasteiger partial charge >= 0.3 is 0 Å². The molecule has 0 radical (unpaired) electrons. The van der Waals surface area contributed by atoms with Crippen molar-refractivity contribution >= 4 is 5.91 Å². The predicted molar refractivity (Wildman–Crippen MR) is 134 cm³/mol. The number of aromatic nitrogens is 2. The number of hydrogen-bond donors (Lipinski definition) is 1. The normalized spacial score (nSPS) is 17.7. The molecule has 0 saturated carbocycles. The lowest BCUT2D eigenvalue weighted by molar-refractivity contribution is -0.158. The van der Waals surface area contributed by atoms with E-state index in [9.17, 15) is 9.59 Å². The maximum atomic E-state index is 13.6. The van der Waals surface area contributed by atoms with Gasteiger partial charge in [0.1, 0.15) is 0 Å². The molecule has 10 nitrogen and oxygen atoms in total. The molecule has 198 valence electrons. The minimum absolute atomic E-state index is 0.0777. The van der Waals surface area contributed by atoms with Gasteiger partial charge in [-0.25, -0.2) is 4.68 Å². The summed E-state index contributed by atoms with van der Waals surface area (Å²) in [4.78, 5) is 28.4. The lowest BCUT2D eigenvalue weighted by Crippen LogP contribution is -2.39. The number of nitrogens with zero attached hydrogens (tertiary/aromatic N) is 3. The Morgan fingerprint density at radius 2 is 1.92 bits per heavy atom. The van der Waals surface area contributed by atoms with Crippen molar-refractivity contribution in [2.45, 2.75) is 44.7 Å². The van der Waals surface area contributed by atoms with E-state index in [4.69, 9.17) is 24.1 Å². The second kappa shape index (κ2) is 12.9. The van der Waals surface area contributed by atoms with Gasteiger partial charge < -0.3 is 29.0 Å². The first-order valence-electron chi connectivity index (χ1n) is 12.1. The number of hydrogen-bond acceptors (Lipinski definition) is 7. The van der Waals surface area contributed by atoms with Crippen LogP contribution in [0.15, 0.2) is 47.0 Å². The molecule has 2 unspecified atom stereocenters. The molecule has 1 N–H and O–H groups in total. The first-order chi connectivity index (χ1) is 17.3. The molecule has 2 heterocycles. The highest BCUT2D eigenvalue weighted by Gasteiger charge is 2.34. The van der Waals surface area contributed by atoms with Crippen molar-refractivity contribution in [2.75, 3.05) is 41.0 Å². The van der Waals surface area contributed by atoms with E-state index in [1.54, 1.807) is 17.8 Å². The molecule has 1 aromatic carbocycles. The van der Waals surface area contributed by atoms with E-state index in [1.165, 1.54) is 19.1 Å². The van der Waals surface area contributed by atoms with E-state index in [0.717, 1.165) is 11.4 Å². The number of allylic oxidation sites excluding steroid dienone is 1. The van der Waals surface area contributed by atoms with Crippen LogP contribution in [0.5, 0.6) is 0 Å². The molecule has 0 spiro atoms. The molecule has 1 aromatic heterocycles. The van der Waals surface area contributed by atoms with Crippen LogP contribution in [0, 0.1) is 6.92 Å². The summed E-state index contributed by atoms with van der Waals surface area (Å²) in [5.74, 6) is -0.640. The maximum absolute atomic E-state index is 13.6. The summed E-state index contributed by atoms with van der Waals surface area (Å²) < 4.78 is 25.7. The molecule has 0 fully saturated rings. The van der Waals surface area contributed by atoms with Gasteiger partial charge in [-0.1, -0.05) is 18.2 Å². The van der Waals surface area contributed by atoms with Crippen molar-refractivity contribution in [3.05, 3.63) is 63.8 Å². The van der Waals surface area contributed by atoms with E-state index in [0.29, 0.717) is 31.4 Å². The number of ether oxygens (including phenoxy) is 4. The number of benzene rings is 1. The van der Waals surface area contributed by atoms with Crippen molar-refractivity contribution in [2.24, 2.45) is 7.05 Å². The van der Waals surface area contributed by atoms with Gasteiger partial charge in [-0.05, 0) is 38.0 Å². The topological polar surface area (TPSA) is 104 Å². The summed E-state index contributed by atoms with van der Waals surface area (Å²) in [5.41, 5.74) is 1.99. The highest BCUT2D eigenvalue weighted by molar-refractivity contribution is 5.91. The molecule has 0 bridgehead atoms. The Hall–Kier alpha value is -2.92. The molecule has 0 saturated heterocycles. The third-order valence-corrected chi connectivity index (χ3v) is 6.39. The lowest BCUT2D eigenvalue weighted by atomic mass is 9.93. The SMILES string of the molecule is COC(CN(C)C(=O)C1=CC(c2c(C)n(C)n(-c3ccccc3)c2=O)CC(OCCCCO)O1)OC. The molecule has 36 heavy (non-hydrogen) atoms. The third kappa shape index (κ3) is 6.25. The fourth-order valence-corrected chi connectivity index (χ4v) is 4.30. The maximum Gasteiger partial charge on any atom is 0.288 e. The minimum Gasteiger partial charge on any atom is -0.459 e. The summed E-state index contributed by atoms with van der Waals surface area (Å²) in [6, 6.07) is 9.42. The van der Waals surface area contributed by atoms with Gasteiger partial charge in [0.25, 0.3) is 11.5 Å². The van der Waals surface area contributed by atoms with Crippen molar-refractivity contribution in [3.8, 4) is 5.69 Å². The zero-order valence-electron chi connectivity index (χ0n) is 21.7. The van der Waals surface area contributed by atoms with Gasteiger partial charge in [0.15, 0.2) is 12.0 Å². The van der Waals surface area contributed by atoms with Gasteiger partial charge in [0.05, 0.1) is 18.8 Å². The van der Waals surface area contributed by atoms with Crippen molar-refractivity contribution in [1.82, 2.24) is 14.3 Å². The Balaban J connectivity index is 1.96. The summed E-state index contributed by atoms with van der Waals surface area (Å²) in [6.07, 6.45) is 2.06. The number of likely N-dealkylation sites (N-methyl/N-ethyl adjacent to an activating group) is 1. The molecule has 0 aliphatic carbocycles. The standard InChI is InChI=1S/C26H37N3O7/c1-18-24(26(32)29(28(18)3)20-11-7-6-8-12-20)19-15-21(25(31)27(2)17-23(33-4)34-5)36-22(16-19)35-14-10-9-13-30/h6-8,11-12,15,19,22-23,30H,9-10,13-14,16-17H2,1-5H3. The largest absolute Gasteiger partial charge is 0.459 e. The Morgan fingerprint density at radius 3 is 2.56 bits per heavy atom. The van der Waals surface area contributed by atoms with Crippen LogP contribution in [0.3, 0.4) is 0 Å². The number of rotatable bonds is 12. The van der Waals surface area contributed by atoms with Crippen LogP contribution in [0.4, 0.5) is 0 Å². The highest BCUT2D eigenvalue weighted by atomic mass is 16.7. The fraction of sp³-hybridized carbons (Fsp3) is 0.538. The molecule has 2 atom stereocenters. The van der Waals surface area contributed by atoms with Crippen LogP contribution in [0.2, 0.25) is 0 Å². The zero-order chi connectivity index (χ0) is 26.2. The average molecular weight is 504 g/mol. The fourth-order valence-electron chi connectivity index (χ4n) is 4.30. The zero-order valence-corrected chi connectivity index (χ0v) is 21.7. The molecule has 10 heteroatoms. The molecular weight excluding hydrogens is 466 g/mol. The van der Waals surface area contributed by atoms with E-state index >= 15 is 0 Å². The minimum atomic E-state index is -0.712. The van der Waals surface area contributed by atoms with Gasteiger partial charge in [-0.3, -0.25) is 14.3 Å². The number of aliphatic hydroxyl groups is 1. The van der Waals surface area contributed by atoms with Crippen LogP contribution in [-0.4, -0.2) is 78.9 Å². The van der Waals surface area contributed by atoms with E-state index in [-0.39, 0.29) is 30.4 Å². The average Bonchev–Trinajstić information content (AvgIpc) is 3.12. The Kier molecular flexibility index (Phi) is 9.89. The Morgan fingerprint density at radius 1 is 1.22 bits per heavy atom. The number of methoxy groups -OCH3 is 2. The number of unbranched alkanes of at least 4 members (excludes halogenated alkanes) is 1. The van der Waals surface area contributed by atoms with Gasteiger partial charge in [-0.2, -0.15) is 0 Å². The second-order valence-electron chi connectivity index (χ2n) is 8.78. The monoisotopic (exact) mass is 503 g/mol. The van der Waals surface area contributed by atoms with Crippen LogP contribution in [-0.2, 0) is 30.8 Å². The third-order valence-electron chi connectivity index (χ3n) is 6.39. The lowest BCUT2D eigenvalue weighted by Gasteiger charge is -2.31. The first kappa shape index (κ1) is 27.7. The molecule has 1 aliphatic rings. The molecule has 2 aromatic rings. The van der Waals surface area contributed by atoms with E-state index in [2.05, 4.69) is 0 Å².